The summed E-state index contributed by atoms with van der Waals surface area (Å²) in [5.41, 5.74) is 1.77. The van der Waals surface area contributed by atoms with E-state index in [1.165, 1.54) is 26.4 Å². The Morgan fingerprint density at radius 2 is 1.93 bits per heavy atom. The van der Waals surface area contributed by atoms with Crippen LogP contribution in [0.3, 0.4) is 0 Å². The number of hydrogen-bond donors (Lipinski definition) is 1. The predicted molar refractivity (Wildman–Crippen MR) is 105 cm³/mol. The largest absolute Gasteiger partial charge is 0.497 e. The highest BCUT2D eigenvalue weighted by atomic mass is 35.5. The Balaban J connectivity index is 1.96. The Bertz CT molecular complexity index is 1090. The highest BCUT2D eigenvalue weighted by Gasteiger charge is 2.23. The first-order valence-electron chi connectivity index (χ1n) is 7.74. The second kappa shape index (κ2) is 7.41. The third-order valence-corrected chi connectivity index (χ3v) is 7.17. The van der Waals surface area contributed by atoms with Crippen LogP contribution in [-0.4, -0.2) is 27.8 Å². The van der Waals surface area contributed by atoms with Gasteiger partial charge >= 0.3 is 0 Å². The van der Waals surface area contributed by atoms with E-state index < -0.39 is 10.0 Å². The molecule has 0 unspecified atom stereocenters. The van der Waals surface area contributed by atoms with E-state index in [9.17, 15) is 8.42 Å². The molecule has 2 aromatic heterocycles. The minimum atomic E-state index is -3.88. The van der Waals surface area contributed by atoms with Crippen molar-refractivity contribution in [2.45, 2.75) is 18.1 Å². The fourth-order valence-corrected chi connectivity index (χ4v) is 5.09. The standard InChI is InChI=1S/C17H17ClN2O5S2/c1-9-10(2)19-25-17(9)14-5-6-15(26-14)27(21,22)20-16-12(18)7-11(23-3)8-13(16)24-4/h5-8,20H,1-4H3. The lowest BCUT2D eigenvalue weighted by Crippen LogP contribution is -2.12. The van der Waals surface area contributed by atoms with Crippen LogP contribution in [0.15, 0.2) is 33.0 Å². The average Bonchev–Trinajstić information content (AvgIpc) is 3.24. The Kier molecular flexibility index (Phi) is 5.36. The molecule has 1 aromatic carbocycles. The highest BCUT2D eigenvalue weighted by Crippen LogP contribution is 2.39. The molecule has 0 saturated heterocycles. The summed E-state index contributed by atoms with van der Waals surface area (Å²) in [5, 5.41) is 4.06. The molecule has 10 heteroatoms. The molecule has 3 rings (SSSR count). The van der Waals surface area contributed by atoms with Crippen molar-refractivity contribution < 1.29 is 22.4 Å². The molecule has 0 aliphatic rings. The Morgan fingerprint density at radius 3 is 2.52 bits per heavy atom. The first-order valence-corrected chi connectivity index (χ1v) is 10.4. The number of thiophene rings is 1. The maximum absolute atomic E-state index is 12.8. The molecule has 0 saturated carbocycles. The summed E-state index contributed by atoms with van der Waals surface area (Å²) in [6, 6.07) is 6.23. The number of aromatic nitrogens is 1. The number of rotatable bonds is 6. The van der Waals surface area contributed by atoms with Gasteiger partial charge in [0, 0.05) is 17.7 Å². The summed E-state index contributed by atoms with van der Waals surface area (Å²) in [6.07, 6.45) is 0. The maximum Gasteiger partial charge on any atom is 0.271 e. The van der Waals surface area contributed by atoms with Gasteiger partial charge in [0.25, 0.3) is 10.0 Å². The summed E-state index contributed by atoms with van der Waals surface area (Å²) in [4.78, 5) is 0.668. The molecule has 0 spiro atoms. The number of ether oxygens (including phenoxy) is 2. The average molecular weight is 429 g/mol. The number of nitrogens with zero attached hydrogens (tertiary/aromatic N) is 1. The molecule has 0 atom stereocenters. The highest BCUT2D eigenvalue weighted by molar-refractivity contribution is 7.94. The van der Waals surface area contributed by atoms with Crippen molar-refractivity contribution in [3.05, 3.63) is 40.5 Å². The van der Waals surface area contributed by atoms with Crippen LogP contribution < -0.4 is 14.2 Å². The molecule has 0 aliphatic heterocycles. The first-order chi connectivity index (χ1) is 12.8. The predicted octanol–water partition coefficient (Wildman–Crippen LogP) is 4.49. The molecule has 1 N–H and O–H groups in total. The van der Waals surface area contributed by atoms with Crippen molar-refractivity contribution in [2.24, 2.45) is 0 Å². The number of nitrogens with one attached hydrogen (secondary N) is 1. The van der Waals surface area contributed by atoms with E-state index in [-0.39, 0.29) is 20.7 Å². The van der Waals surface area contributed by atoms with Gasteiger partial charge in [0.1, 0.15) is 21.4 Å². The fraction of sp³-hybridized carbons (Fsp3) is 0.235. The van der Waals surface area contributed by atoms with E-state index in [4.69, 9.17) is 25.6 Å². The van der Waals surface area contributed by atoms with Gasteiger partial charge in [0.2, 0.25) is 0 Å². The van der Waals surface area contributed by atoms with Crippen LogP contribution in [0.2, 0.25) is 5.02 Å². The second-order valence-corrected chi connectivity index (χ2v) is 9.03. The van der Waals surface area contributed by atoms with E-state index in [2.05, 4.69) is 9.88 Å². The lowest BCUT2D eigenvalue weighted by molar-refractivity contribution is 0.395. The number of anilines is 1. The molecule has 3 aromatic rings. The number of benzene rings is 1. The van der Waals surface area contributed by atoms with Crippen molar-refractivity contribution in [3.8, 4) is 22.1 Å². The molecule has 0 bridgehead atoms. The third-order valence-electron chi connectivity index (χ3n) is 3.95. The number of sulfonamides is 1. The van der Waals surface area contributed by atoms with Crippen LogP contribution in [0, 0.1) is 13.8 Å². The minimum absolute atomic E-state index is 0.111. The second-order valence-electron chi connectivity index (χ2n) is 5.63. The van der Waals surface area contributed by atoms with Gasteiger partial charge in [-0.2, -0.15) is 0 Å². The van der Waals surface area contributed by atoms with Gasteiger partial charge in [-0.05, 0) is 26.0 Å². The zero-order valence-electron chi connectivity index (χ0n) is 15.0. The number of methoxy groups -OCH3 is 2. The van der Waals surface area contributed by atoms with Gasteiger partial charge in [-0.3, -0.25) is 4.72 Å². The molecular formula is C17H17ClN2O5S2. The lowest BCUT2D eigenvalue weighted by Gasteiger charge is -2.14. The van der Waals surface area contributed by atoms with E-state index in [0.717, 1.165) is 22.6 Å². The zero-order chi connectivity index (χ0) is 19.8. The number of halogens is 1. The van der Waals surface area contributed by atoms with Crippen molar-refractivity contribution in [1.82, 2.24) is 5.16 Å². The molecule has 144 valence electrons. The van der Waals surface area contributed by atoms with Gasteiger partial charge in [-0.15, -0.1) is 11.3 Å². The van der Waals surface area contributed by atoms with Crippen LogP contribution >= 0.6 is 22.9 Å². The zero-order valence-corrected chi connectivity index (χ0v) is 17.4. The van der Waals surface area contributed by atoms with Crippen LogP contribution in [0.4, 0.5) is 5.69 Å². The first kappa shape index (κ1) is 19.5. The number of hydrogen-bond acceptors (Lipinski definition) is 7. The minimum Gasteiger partial charge on any atom is -0.497 e. The van der Waals surface area contributed by atoms with Crippen LogP contribution in [-0.2, 0) is 10.0 Å². The molecule has 0 amide bonds. The van der Waals surface area contributed by atoms with E-state index in [1.54, 1.807) is 12.1 Å². The summed E-state index contributed by atoms with van der Waals surface area (Å²) in [6.45, 7) is 3.70. The van der Waals surface area contributed by atoms with E-state index in [0.29, 0.717) is 16.4 Å². The summed E-state index contributed by atoms with van der Waals surface area (Å²) in [5.74, 6) is 1.26. The molecule has 7 nitrogen and oxygen atoms in total. The van der Waals surface area contributed by atoms with E-state index >= 15 is 0 Å². The van der Waals surface area contributed by atoms with Crippen LogP contribution in [0.1, 0.15) is 11.3 Å². The van der Waals surface area contributed by atoms with Crippen molar-refractivity contribution in [3.63, 3.8) is 0 Å². The molecule has 2 heterocycles. The van der Waals surface area contributed by atoms with Gasteiger partial charge in [-0.25, -0.2) is 8.42 Å². The van der Waals surface area contributed by atoms with Gasteiger partial charge in [0.05, 0.1) is 29.8 Å². The molecule has 27 heavy (non-hydrogen) atoms. The summed E-state index contributed by atoms with van der Waals surface area (Å²) >= 11 is 7.28. The fourth-order valence-electron chi connectivity index (χ4n) is 2.35. The normalized spacial score (nSPS) is 11.4. The number of aryl methyl sites for hydroxylation is 1. The monoisotopic (exact) mass is 428 g/mol. The van der Waals surface area contributed by atoms with Crippen molar-refractivity contribution >= 4 is 38.6 Å². The summed E-state index contributed by atoms with van der Waals surface area (Å²) in [7, 11) is -0.981. The van der Waals surface area contributed by atoms with Gasteiger partial charge < -0.3 is 14.0 Å². The Hall–Kier alpha value is -2.23. The van der Waals surface area contributed by atoms with Crippen molar-refractivity contribution in [2.75, 3.05) is 18.9 Å². The quantitative estimate of drug-likeness (QED) is 0.622. The van der Waals surface area contributed by atoms with Crippen molar-refractivity contribution in [1.29, 1.82) is 0 Å². The smallest absolute Gasteiger partial charge is 0.271 e. The van der Waals surface area contributed by atoms with E-state index in [1.807, 2.05) is 13.8 Å². The lowest BCUT2D eigenvalue weighted by atomic mass is 10.2. The Labute approximate surface area is 165 Å². The van der Waals surface area contributed by atoms with Crippen LogP contribution in [0.25, 0.3) is 10.6 Å². The molecule has 0 fully saturated rings. The molecule has 0 aliphatic carbocycles. The molecule has 0 radical (unpaired) electrons. The van der Waals surface area contributed by atoms with Gasteiger partial charge in [-0.1, -0.05) is 16.8 Å². The van der Waals surface area contributed by atoms with Crippen LogP contribution in [0.5, 0.6) is 11.5 Å². The van der Waals surface area contributed by atoms with Gasteiger partial charge in [0.15, 0.2) is 5.76 Å². The third kappa shape index (κ3) is 3.76. The Morgan fingerprint density at radius 1 is 1.19 bits per heavy atom. The topological polar surface area (TPSA) is 90.7 Å². The molecular weight excluding hydrogens is 412 g/mol. The maximum atomic E-state index is 12.8. The SMILES string of the molecule is COc1cc(Cl)c(NS(=O)(=O)c2ccc(-c3onc(C)c3C)s2)c(OC)c1. The summed E-state index contributed by atoms with van der Waals surface area (Å²) < 4.78 is 43.9.